The molecule has 3 atom stereocenters. The Labute approximate surface area is 193 Å². The number of alkyl halides is 3. The summed E-state index contributed by atoms with van der Waals surface area (Å²) in [7, 11) is 1.29. The Balaban J connectivity index is 1.97. The van der Waals surface area contributed by atoms with Crippen molar-refractivity contribution in [3.8, 4) is 11.5 Å². The van der Waals surface area contributed by atoms with E-state index >= 15 is 0 Å². The number of carbonyl (C=O) groups excluding carboxylic acids is 1. The fourth-order valence-corrected chi connectivity index (χ4v) is 3.83. The standard InChI is InChI=1S/C23H24F3N3O5/c1-12(13(2)29-10-8-14-5-6-15(11-16(14)29)23(24,25)26)22(3,21(32)33)28-20(31)18-19(30)17(34-4)7-9-27-18/h5-13,30H,1-4H3,(H,28,31)(H,32,33). The van der Waals surface area contributed by atoms with Gasteiger partial charge < -0.3 is 24.8 Å². The molecule has 0 fully saturated rings. The van der Waals surface area contributed by atoms with E-state index in [9.17, 15) is 33.0 Å². The Morgan fingerprint density at radius 2 is 1.85 bits per heavy atom. The van der Waals surface area contributed by atoms with Crippen LogP contribution in [-0.2, 0) is 11.0 Å². The van der Waals surface area contributed by atoms with E-state index in [2.05, 4.69) is 10.3 Å². The summed E-state index contributed by atoms with van der Waals surface area (Å²) in [5, 5.41) is 23.2. The quantitative estimate of drug-likeness (QED) is 0.467. The van der Waals surface area contributed by atoms with Crippen LogP contribution in [0, 0.1) is 5.92 Å². The highest BCUT2D eigenvalue weighted by atomic mass is 19.4. The third kappa shape index (κ3) is 4.37. The van der Waals surface area contributed by atoms with Gasteiger partial charge in [0.25, 0.3) is 5.91 Å². The highest BCUT2D eigenvalue weighted by Crippen LogP contribution is 2.36. The minimum absolute atomic E-state index is 0.0159. The van der Waals surface area contributed by atoms with Crippen molar-refractivity contribution in [3.05, 3.63) is 54.0 Å². The number of nitrogens with one attached hydrogen (secondary N) is 1. The van der Waals surface area contributed by atoms with Gasteiger partial charge in [-0.2, -0.15) is 13.2 Å². The Hall–Kier alpha value is -3.76. The van der Waals surface area contributed by atoms with Gasteiger partial charge in [0.2, 0.25) is 0 Å². The number of fused-ring (bicyclic) bond motifs is 1. The lowest BCUT2D eigenvalue weighted by molar-refractivity contribution is -0.146. The summed E-state index contributed by atoms with van der Waals surface area (Å²) < 4.78 is 46.2. The Morgan fingerprint density at radius 1 is 1.18 bits per heavy atom. The number of aromatic nitrogens is 2. The lowest BCUT2D eigenvalue weighted by Crippen LogP contribution is -2.58. The van der Waals surface area contributed by atoms with Crippen molar-refractivity contribution in [1.82, 2.24) is 14.9 Å². The molecule has 2 aromatic heterocycles. The topological polar surface area (TPSA) is 114 Å². The Kier molecular flexibility index (Phi) is 6.50. The second-order valence-electron chi connectivity index (χ2n) is 8.20. The normalized spacial score (nSPS) is 15.4. The lowest BCUT2D eigenvalue weighted by atomic mass is 9.81. The third-order valence-electron chi connectivity index (χ3n) is 6.26. The number of benzene rings is 1. The van der Waals surface area contributed by atoms with Crippen molar-refractivity contribution >= 4 is 22.8 Å². The summed E-state index contributed by atoms with van der Waals surface area (Å²) in [6.07, 6.45) is -1.74. The van der Waals surface area contributed by atoms with Crippen molar-refractivity contribution in [2.75, 3.05) is 7.11 Å². The number of methoxy groups -OCH3 is 1. The van der Waals surface area contributed by atoms with Crippen molar-refractivity contribution in [2.45, 2.75) is 38.5 Å². The summed E-state index contributed by atoms with van der Waals surface area (Å²) in [5.41, 5.74) is -2.84. The molecule has 0 aliphatic carbocycles. The molecule has 0 saturated heterocycles. The average molecular weight is 479 g/mol. The molecule has 1 aromatic carbocycles. The molecule has 3 aromatic rings. The van der Waals surface area contributed by atoms with E-state index in [-0.39, 0.29) is 11.3 Å². The summed E-state index contributed by atoms with van der Waals surface area (Å²) >= 11 is 0. The molecule has 0 radical (unpaired) electrons. The first kappa shape index (κ1) is 24.9. The van der Waals surface area contributed by atoms with Crippen LogP contribution in [0.3, 0.4) is 0 Å². The number of hydrogen-bond donors (Lipinski definition) is 3. The second-order valence-corrected chi connectivity index (χ2v) is 8.20. The fourth-order valence-electron chi connectivity index (χ4n) is 3.83. The van der Waals surface area contributed by atoms with Crippen LogP contribution >= 0.6 is 0 Å². The van der Waals surface area contributed by atoms with E-state index in [1.165, 1.54) is 32.4 Å². The number of carbonyl (C=O) groups is 2. The first-order valence-corrected chi connectivity index (χ1v) is 10.3. The maximum atomic E-state index is 13.2. The van der Waals surface area contributed by atoms with Crippen molar-refractivity contribution < 1.29 is 37.7 Å². The molecule has 1 amide bonds. The van der Waals surface area contributed by atoms with E-state index in [0.29, 0.717) is 5.39 Å². The summed E-state index contributed by atoms with van der Waals surface area (Å²) in [6, 6.07) is 5.66. The van der Waals surface area contributed by atoms with Gasteiger partial charge in [0.15, 0.2) is 17.2 Å². The van der Waals surface area contributed by atoms with Gasteiger partial charge in [-0.1, -0.05) is 13.0 Å². The SMILES string of the molecule is COc1ccnc(C(=O)NC(C)(C(=O)O)C(C)C(C)n2ccc3ccc(C(F)(F)F)cc32)c1O. The predicted octanol–water partition coefficient (Wildman–Crippen LogP) is 4.24. The minimum atomic E-state index is -4.53. The smallest absolute Gasteiger partial charge is 0.416 e. The molecule has 0 aliphatic rings. The molecular weight excluding hydrogens is 455 g/mol. The van der Waals surface area contributed by atoms with E-state index in [1.54, 1.807) is 30.7 Å². The number of carboxylic acids is 1. The first-order chi connectivity index (χ1) is 15.8. The Bertz CT molecular complexity index is 1240. The molecule has 0 bridgehead atoms. The monoisotopic (exact) mass is 479 g/mol. The third-order valence-corrected chi connectivity index (χ3v) is 6.26. The van der Waals surface area contributed by atoms with Crippen LogP contribution < -0.4 is 10.1 Å². The summed E-state index contributed by atoms with van der Waals surface area (Å²) in [5.74, 6) is -3.69. The van der Waals surface area contributed by atoms with Crippen molar-refractivity contribution in [1.29, 1.82) is 0 Å². The number of carboxylic acid groups (broad SMARTS) is 1. The molecule has 0 spiro atoms. The van der Waals surface area contributed by atoms with Gasteiger partial charge in [0.05, 0.1) is 12.7 Å². The molecule has 182 valence electrons. The molecule has 11 heteroatoms. The Morgan fingerprint density at radius 3 is 2.44 bits per heavy atom. The minimum Gasteiger partial charge on any atom is -0.503 e. The van der Waals surface area contributed by atoms with Gasteiger partial charge in [0.1, 0.15) is 5.54 Å². The van der Waals surface area contributed by atoms with Crippen LogP contribution in [0.5, 0.6) is 11.5 Å². The van der Waals surface area contributed by atoms with E-state index in [1.807, 2.05) is 0 Å². The van der Waals surface area contributed by atoms with Crippen LogP contribution in [0.4, 0.5) is 13.2 Å². The van der Waals surface area contributed by atoms with Crippen molar-refractivity contribution in [3.63, 3.8) is 0 Å². The van der Waals surface area contributed by atoms with Gasteiger partial charge in [-0.15, -0.1) is 0 Å². The maximum absolute atomic E-state index is 13.2. The number of aliphatic carboxylic acids is 1. The van der Waals surface area contributed by atoms with Crippen LogP contribution in [-0.4, -0.2) is 44.3 Å². The number of rotatable bonds is 7. The largest absolute Gasteiger partial charge is 0.503 e. The number of pyridine rings is 1. The van der Waals surface area contributed by atoms with Gasteiger partial charge in [-0.25, -0.2) is 9.78 Å². The zero-order chi connectivity index (χ0) is 25.4. The van der Waals surface area contributed by atoms with Gasteiger partial charge in [0, 0.05) is 35.9 Å². The molecular formula is C23H24F3N3O5. The molecule has 0 aliphatic heterocycles. The fraction of sp³-hybridized carbons (Fsp3) is 0.348. The molecule has 0 saturated carbocycles. The average Bonchev–Trinajstić information content (AvgIpc) is 3.20. The van der Waals surface area contributed by atoms with Crippen LogP contribution in [0.2, 0.25) is 0 Å². The van der Waals surface area contributed by atoms with Crippen LogP contribution in [0.15, 0.2) is 42.7 Å². The van der Waals surface area contributed by atoms with Gasteiger partial charge in [-0.05, 0) is 37.4 Å². The van der Waals surface area contributed by atoms with Gasteiger partial charge in [-0.3, -0.25) is 4.79 Å². The van der Waals surface area contributed by atoms with E-state index < -0.39 is 52.6 Å². The molecule has 2 heterocycles. The predicted molar refractivity (Wildman–Crippen MR) is 117 cm³/mol. The van der Waals surface area contributed by atoms with Gasteiger partial charge >= 0.3 is 12.1 Å². The number of nitrogens with zero attached hydrogens (tertiary/aromatic N) is 2. The first-order valence-electron chi connectivity index (χ1n) is 10.3. The molecule has 34 heavy (non-hydrogen) atoms. The highest BCUT2D eigenvalue weighted by molar-refractivity contribution is 5.99. The lowest BCUT2D eigenvalue weighted by Gasteiger charge is -2.37. The number of amides is 1. The maximum Gasteiger partial charge on any atom is 0.416 e. The molecule has 3 N–H and O–H groups in total. The number of halogens is 3. The summed E-state index contributed by atoms with van der Waals surface area (Å²) in [4.78, 5) is 28.9. The molecule has 8 nitrogen and oxygen atoms in total. The summed E-state index contributed by atoms with van der Waals surface area (Å²) in [6.45, 7) is 4.51. The number of ether oxygens (including phenoxy) is 1. The zero-order valence-electron chi connectivity index (χ0n) is 18.8. The van der Waals surface area contributed by atoms with E-state index in [0.717, 1.165) is 12.1 Å². The highest BCUT2D eigenvalue weighted by Gasteiger charge is 2.44. The molecule has 3 unspecified atom stereocenters. The number of hydrogen-bond acceptors (Lipinski definition) is 5. The second kappa shape index (κ2) is 8.88. The van der Waals surface area contributed by atoms with Crippen LogP contribution in [0.1, 0.15) is 42.9 Å². The van der Waals surface area contributed by atoms with Crippen LogP contribution in [0.25, 0.3) is 10.9 Å². The van der Waals surface area contributed by atoms with E-state index in [4.69, 9.17) is 4.74 Å². The number of aromatic hydroxyl groups is 1. The van der Waals surface area contributed by atoms with Crippen molar-refractivity contribution in [2.24, 2.45) is 5.92 Å². The zero-order valence-corrected chi connectivity index (χ0v) is 18.8. The molecule has 3 rings (SSSR count).